The summed E-state index contributed by atoms with van der Waals surface area (Å²) in [7, 11) is 0. The lowest BCUT2D eigenvalue weighted by Crippen LogP contribution is -2.39. The molecule has 0 heterocycles. The van der Waals surface area contributed by atoms with Gasteiger partial charge in [-0.1, -0.05) is 13.8 Å². The van der Waals surface area contributed by atoms with Crippen molar-refractivity contribution in [1.29, 1.82) is 0 Å². The number of rotatable bonds is 9. The summed E-state index contributed by atoms with van der Waals surface area (Å²) in [6.45, 7) is 12.8. The van der Waals surface area contributed by atoms with Crippen molar-refractivity contribution in [3.8, 4) is 0 Å². The molecule has 3 nitrogen and oxygen atoms in total. The maximum atomic E-state index is 5.41. The Morgan fingerprint density at radius 3 is 2.44 bits per heavy atom. The van der Waals surface area contributed by atoms with E-state index < -0.39 is 0 Å². The van der Waals surface area contributed by atoms with Crippen molar-refractivity contribution in [2.75, 3.05) is 39.4 Å². The lowest BCUT2D eigenvalue weighted by Gasteiger charge is -2.28. The molecule has 0 atom stereocenters. The van der Waals surface area contributed by atoms with Crippen LogP contribution in [0.2, 0.25) is 0 Å². The average Bonchev–Trinajstić information content (AvgIpc) is 2.39. The van der Waals surface area contributed by atoms with Crippen LogP contribution in [0.4, 0.5) is 0 Å². The van der Waals surface area contributed by atoms with Gasteiger partial charge in [0.05, 0.1) is 6.61 Å². The monoisotopic (exact) mass is 256 g/mol. The number of likely N-dealkylation sites (N-methyl/N-ethyl adjacent to an activating group) is 1. The molecule has 0 unspecified atom stereocenters. The Kier molecular flexibility index (Phi) is 8.64. The number of hydrogen-bond donors (Lipinski definition) is 1. The van der Waals surface area contributed by atoms with Gasteiger partial charge < -0.3 is 15.0 Å². The molecule has 0 amide bonds. The van der Waals surface area contributed by atoms with Crippen LogP contribution < -0.4 is 5.32 Å². The van der Waals surface area contributed by atoms with Gasteiger partial charge in [-0.2, -0.15) is 0 Å². The fraction of sp³-hybridized carbons (Fsp3) is 1.00. The van der Waals surface area contributed by atoms with E-state index in [1.54, 1.807) is 0 Å². The normalized spacial score (nSPS) is 24.7. The Hall–Kier alpha value is -0.120. The van der Waals surface area contributed by atoms with Crippen LogP contribution in [0.1, 0.15) is 46.5 Å². The molecule has 1 rings (SSSR count). The molecule has 0 spiro atoms. The lowest BCUT2D eigenvalue weighted by molar-refractivity contribution is 0.115. The molecule has 1 N–H and O–H groups in total. The third kappa shape index (κ3) is 6.72. The van der Waals surface area contributed by atoms with E-state index in [2.05, 4.69) is 31.0 Å². The third-order valence-electron chi connectivity index (χ3n) is 4.08. The first-order valence-electron chi connectivity index (χ1n) is 7.79. The fourth-order valence-corrected chi connectivity index (χ4v) is 2.66. The van der Waals surface area contributed by atoms with Crippen molar-refractivity contribution >= 4 is 0 Å². The molecule has 0 aliphatic heterocycles. The smallest absolute Gasteiger partial charge is 0.0593 e. The van der Waals surface area contributed by atoms with Crippen LogP contribution in [0, 0.1) is 5.92 Å². The molecule has 108 valence electrons. The quantitative estimate of drug-likeness (QED) is 0.642. The molecule has 3 heteroatoms. The van der Waals surface area contributed by atoms with E-state index in [4.69, 9.17) is 4.74 Å². The van der Waals surface area contributed by atoms with E-state index >= 15 is 0 Å². The zero-order valence-corrected chi connectivity index (χ0v) is 12.6. The van der Waals surface area contributed by atoms with Crippen LogP contribution in [0.3, 0.4) is 0 Å². The molecule has 0 aromatic carbocycles. The molecule has 0 aromatic heterocycles. The predicted octanol–water partition coefficient (Wildman–Crippen LogP) is 2.51. The average molecular weight is 256 g/mol. The molecule has 1 fully saturated rings. The standard InChI is InChI=1S/C15H32N2O/c1-4-17(12-13-18-5-2)11-10-16-15-8-6-14(3)7-9-15/h14-16H,4-13H2,1-3H3. The van der Waals surface area contributed by atoms with Gasteiger partial charge in [-0.25, -0.2) is 0 Å². The fourth-order valence-electron chi connectivity index (χ4n) is 2.66. The van der Waals surface area contributed by atoms with Crippen LogP contribution in [0.25, 0.3) is 0 Å². The summed E-state index contributed by atoms with van der Waals surface area (Å²) in [6, 6.07) is 0.770. The maximum absolute atomic E-state index is 5.41. The van der Waals surface area contributed by atoms with Gasteiger partial charge >= 0.3 is 0 Å². The van der Waals surface area contributed by atoms with E-state index in [-0.39, 0.29) is 0 Å². The van der Waals surface area contributed by atoms with Crippen LogP contribution in [0.15, 0.2) is 0 Å². The summed E-state index contributed by atoms with van der Waals surface area (Å²) in [4.78, 5) is 2.47. The molecule has 0 bridgehead atoms. The van der Waals surface area contributed by atoms with Gasteiger partial charge in [-0.05, 0) is 45.1 Å². The molecule has 0 saturated heterocycles. The van der Waals surface area contributed by atoms with Crippen molar-refractivity contribution in [3.05, 3.63) is 0 Å². The Balaban J connectivity index is 2.04. The SMILES string of the molecule is CCOCCN(CC)CCNC1CCC(C)CC1. The van der Waals surface area contributed by atoms with Crippen molar-refractivity contribution in [2.24, 2.45) is 5.92 Å². The van der Waals surface area contributed by atoms with Gasteiger partial charge in [0.2, 0.25) is 0 Å². The van der Waals surface area contributed by atoms with Crippen molar-refractivity contribution in [2.45, 2.75) is 52.5 Å². The minimum Gasteiger partial charge on any atom is -0.380 e. The van der Waals surface area contributed by atoms with Crippen LogP contribution in [-0.4, -0.2) is 50.3 Å². The van der Waals surface area contributed by atoms with Gasteiger partial charge in [-0.3, -0.25) is 0 Å². The van der Waals surface area contributed by atoms with E-state index in [0.29, 0.717) is 0 Å². The van der Waals surface area contributed by atoms with Crippen molar-refractivity contribution in [1.82, 2.24) is 10.2 Å². The number of nitrogens with one attached hydrogen (secondary N) is 1. The number of nitrogens with zero attached hydrogens (tertiary/aromatic N) is 1. The van der Waals surface area contributed by atoms with Gasteiger partial charge in [0.15, 0.2) is 0 Å². The lowest BCUT2D eigenvalue weighted by atomic mass is 9.87. The highest BCUT2D eigenvalue weighted by Gasteiger charge is 2.17. The highest BCUT2D eigenvalue weighted by atomic mass is 16.5. The van der Waals surface area contributed by atoms with Crippen LogP contribution in [0.5, 0.6) is 0 Å². The maximum Gasteiger partial charge on any atom is 0.0593 e. The number of hydrogen-bond acceptors (Lipinski definition) is 3. The van der Waals surface area contributed by atoms with E-state index in [1.165, 1.54) is 25.7 Å². The molecule has 1 aliphatic rings. The molecular weight excluding hydrogens is 224 g/mol. The molecule has 1 saturated carbocycles. The second-order valence-electron chi connectivity index (χ2n) is 5.54. The summed E-state index contributed by atoms with van der Waals surface area (Å²) in [6.07, 6.45) is 5.54. The van der Waals surface area contributed by atoms with E-state index in [9.17, 15) is 0 Å². The highest BCUT2D eigenvalue weighted by molar-refractivity contribution is 4.75. The third-order valence-corrected chi connectivity index (χ3v) is 4.08. The molecule has 0 aromatic rings. The zero-order chi connectivity index (χ0) is 13.2. The minimum absolute atomic E-state index is 0.770. The largest absolute Gasteiger partial charge is 0.380 e. The van der Waals surface area contributed by atoms with Crippen molar-refractivity contribution < 1.29 is 4.74 Å². The Morgan fingerprint density at radius 2 is 1.83 bits per heavy atom. The van der Waals surface area contributed by atoms with E-state index in [1.807, 2.05) is 0 Å². The Morgan fingerprint density at radius 1 is 1.11 bits per heavy atom. The summed E-state index contributed by atoms with van der Waals surface area (Å²) in [5.41, 5.74) is 0. The molecular formula is C15H32N2O. The Labute approximate surface area is 113 Å². The summed E-state index contributed by atoms with van der Waals surface area (Å²) >= 11 is 0. The van der Waals surface area contributed by atoms with Crippen LogP contribution in [-0.2, 0) is 4.74 Å². The first kappa shape index (κ1) is 15.9. The zero-order valence-electron chi connectivity index (χ0n) is 12.6. The first-order chi connectivity index (χ1) is 8.76. The van der Waals surface area contributed by atoms with Gasteiger partial charge in [0.25, 0.3) is 0 Å². The summed E-state index contributed by atoms with van der Waals surface area (Å²) < 4.78 is 5.41. The first-order valence-corrected chi connectivity index (χ1v) is 7.79. The molecule has 1 aliphatic carbocycles. The topological polar surface area (TPSA) is 24.5 Å². The second-order valence-corrected chi connectivity index (χ2v) is 5.54. The molecule has 18 heavy (non-hydrogen) atoms. The Bertz CT molecular complexity index is 191. The van der Waals surface area contributed by atoms with Gasteiger partial charge in [-0.15, -0.1) is 0 Å². The highest BCUT2D eigenvalue weighted by Crippen LogP contribution is 2.23. The van der Waals surface area contributed by atoms with Crippen LogP contribution >= 0.6 is 0 Å². The second kappa shape index (κ2) is 9.76. The van der Waals surface area contributed by atoms with Crippen molar-refractivity contribution in [3.63, 3.8) is 0 Å². The summed E-state index contributed by atoms with van der Waals surface area (Å²) in [5, 5.41) is 3.71. The van der Waals surface area contributed by atoms with Gasteiger partial charge in [0, 0.05) is 32.3 Å². The predicted molar refractivity (Wildman–Crippen MR) is 78.0 cm³/mol. The number of ether oxygens (including phenoxy) is 1. The minimum atomic E-state index is 0.770. The molecule has 0 radical (unpaired) electrons. The summed E-state index contributed by atoms with van der Waals surface area (Å²) in [5.74, 6) is 0.946. The van der Waals surface area contributed by atoms with E-state index in [0.717, 1.165) is 51.4 Å². The van der Waals surface area contributed by atoms with Gasteiger partial charge in [0.1, 0.15) is 0 Å².